The van der Waals surface area contributed by atoms with Gasteiger partial charge in [-0.25, -0.2) is 4.79 Å². The Morgan fingerprint density at radius 2 is 2.07 bits per heavy atom. The van der Waals surface area contributed by atoms with Crippen LogP contribution in [0.5, 0.6) is 0 Å². The van der Waals surface area contributed by atoms with Crippen LogP contribution in [0.3, 0.4) is 0 Å². The molecule has 2 aromatic rings. The molecule has 0 aliphatic rings. The number of oxazole rings is 1. The highest BCUT2D eigenvalue weighted by Gasteiger charge is 2.10. The molecule has 14 heavy (non-hydrogen) atoms. The van der Waals surface area contributed by atoms with Gasteiger partial charge in [0.25, 0.3) is 0 Å². The van der Waals surface area contributed by atoms with Crippen LogP contribution in [-0.4, -0.2) is 4.98 Å². The molecule has 3 heteroatoms. The fraction of sp³-hybridized carbons (Fsp3) is 0.364. The van der Waals surface area contributed by atoms with E-state index in [0.29, 0.717) is 11.5 Å². The Balaban J connectivity index is 2.85. The predicted octanol–water partition coefficient (Wildman–Crippen LogP) is 2.55. The third-order valence-electron chi connectivity index (χ3n) is 2.32. The quantitative estimate of drug-likeness (QED) is 0.752. The Morgan fingerprint density at radius 3 is 2.71 bits per heavy atom. The third-order valence-corrected chi connectivity index (χ3v) is 2.32. The molecule has 0 saturated carbocycles. The van der Waals surface area contributed by atoms with E-state index < -0.39 is 0 Å². The molecule has 2 rings (SSSR count). The smallest absolute Gasteiger partial charge is 0.408 e. The summed E-state index contributed by atoms with van der Waals surface area (Å²) in [6.45, 7) is 6.18. The Morgan fingerprint density at radius 1 is 1.36 bits per heavy atom. The first-order valence-electron chi connectivity index (χ1n) is 4.71. The zero-order valence-corrected chi connectivity index (χ0v) is 8.55. The van der Waals surface area contributed by atoms with Crippen LogP contribution < -0.4 is 5.76 Å². The van der Waals surface area contributed by atoms with Gasteiger partial charge in [0.1, 0.15) is 0 Å². The number of hydrogen-bond acceptors (Lipinski definition) is 2. The van der Waals surface area contributed by atoms with Crippen molar-refractivity contribution in [1.82, 2.24) is 4.98 Å². The van der Waals surface area contributed by atoms with Crippen molar-refractivity contribution in [2.75, 3.05) is 0 Å². The van der Waals surface area contributed by atoms with Crippen LogP contribution in [0, 0.1) is 6.92 Å². The first-order valence-corrected chi connectivity index (χ1v) is 4.71. The number of H-pyrrole nitrogens is 1. The summed E-state index contributed by atoms with van der Waals surface area (Å²) in [6.07, 6.45) is 0. The van der Waals surface area contributed by atoms with E-state index in [1.54, 1.807) is 0 Å². The van der Waals surface area contributed by atoms with E-state index in [1.165, 1.54) is 0 Å². The number of aromatic nitrogens is 1. The molecule has 0 radical (unpaired) electrons. The topological polar surface area (TPSA) is 46.0 Å². The van der Waals surface area contributed by atoms with Gasteiger partial charge in [0.15, 0.2) is 5.58 Å². The van der Waals surface area contributed by atoms with Crippen molar-refractivity contribution in [1.29, 1.82) is 0 Å². The Labute approximate surface area is 81.7 Å². The van der Waals surface area contributed by atoms with Crippen LogP contribution in [0.15, 0.2) is 21.3 Å². The fourth-order valence-corrected chi connectivity index (χ4v) is 1.66. The molecule has 0 unspecified atom stereocenters. The first kappa shape index (κ1) is 9.06. The highest BCUT2D eigenvalue weighted by molar-refractivity contribution is 5.77. The van der Waals surface area contributed by atoms with E-state index in [1.807, 2.05) is 13.0 Å². The van der Waals surface area contributed by atoms with E-state index >= 15 is 0 Å². The lowest BCUT2D eigenvalue weighted by Crippen LogP contribution is -1.92. The SMILES string of the molecule is Cc1cc(C(C)C)c2oc(=O)[nH]c2c1. The van der Waals surface area contributed by atoms with Gasteiger partial charge >= 0.3 is 5.76 Å². The summed E-state index contributed by atoms with van der Waals surface area (Å²) in [5.41, 5.74) is 3.70. The van der Waals surface area contributed by atoms with Crippen LogP contribution in [0.2, 0.25) is 0 Å². The second-order valence-corrected chi connectivity index (χ2v) is 3.90. The molecule has 0 fully saturated rings. The lowest BCUT2D eigenvalue weighted by molar-refractivity contribution is 0.549. The maximum absolute atomic E-state index is 11.1. The fourth-order valence-electron chi connectivity index (χ4n) is 1.66. The second-order valence-electron chi connectivity index (χ2n) is 3.90. The maximum atomic E-state index is 11.1. The molecule has 0 aliphatic carbocycles. The normalized spacial score (nSPS) is 11.4. The van der Waals surface area contributed by atoms with E-state index in [-0.39, 0.29) is 5.76 Å². The standard InChI is InChI=1S/C11H13NO2/c1-6(2)8-4-7(3)5-9-10(8)14-11(13)12-9/h4-6H,1-3H3,(H,12,13). The molecule has 1 aromatic heterocycles. The number of nitrogens with one attached hydrogen (secondary N) is 1. The molecule has 0 bridgehead atoms. The molecule has 3 nitrogen and oxygen atoms in total. The zero-order valence-electron chi connectivity index (χ0n) is 8.55. The molecule has 0 aliphatic heterocycles. The molecule has 0 saturated heterocycles. The maximum Gasteiger partial charge on any atom is 0.417 e. The highest BCUT2D eigenvalue weighted by atomic mass is 16.4. The summed E-state index contributed by atoms with van der Waals surface area (Å²) in [6, 6.07) is 3.98. The van der Waals surface area contributed by atoms with E-state index in [0.717, 1.165) is 16.6 Å². The second kappa shape index (κ2) is 3.01. The van der Waals surface area contributed by atoms with Gasteiger partial charge in [-0.05, 0) is 30.0 Å². The van der Waals surface area contributed by atoms with Crippen molar-refractivity contribution >= 4 is 11.1 Å². The minimum Gasteiger partial charge on any atom is -0.408 e. The van der Waals surface area contributed by atoms with Gasteiger partial charge in [-0.1, -0.05) is 19.9 Å². The number of aryl methyl sites for hydroxylation is 1. The summed E-state index contributed by atoms with van der Waals surface area (Å²) in [5.74, 6) is -0.0242. The Hall–Kier alpha value is -1.51. The van der Waals surface area contributed by atoms with Crippen LogP contribution >= 0.6 is 0 Å². The summed E-state index contributed by atoms with van der Waals surface area (Å²) in [5, 5.41) is 0. The summed E-state index contributed by atoms with van der Waals surface area (Å²) in [7, 11) is 0. The first-order chi connectivity index (χ1) is 6.58. The highest BCUT2D eigenvalue weighted by Crippen LogP contribution is 2.24. The Kier molecular flexibility index (Phi) is 1.95. The van der Waals surface area contributed by atoms with Gasteiger partial charge in [0.2, 0.25) is 0 Å². The monoisotopic (exact) mass is 191 g/mol. The van der Waals surface area contributed by atoms with Crippen LogP contribution in [-0.2, 0) is 0 Å². The molecule has 1 N–H and O–H groups in total. The van der Waals surface area contributed by atoms with Crippen molar-refractivity contribution in [3.05, 3.63) is 33.8 Å². The number of aromatic amines is 1. The summed E-state index contributed by atoms with van der Waals surface area (Å²) < 4.78 is 5.10. The number of rotatable bonds is 1. The average molecular weight is 191 g/mol. The molecule has 0 atom stereocenters. The molecule has 0 spiro atoms. The van der Waals surface area contributed by atoms with Crippen molar-refractivity contribution < 1.29 is 4.42 Å². The van der Waals surface area contributed by atoms with Gasteiger partial charge in [-0.15, -0.1) is 0 Å². The average Bonchev–Trinajstić information content (AvgIpc) is 2.42. The van der Waals surface area contributed by atoms with Crippen molar-refractivity contribution in [3.63, 3.8) is 0 Å². The van der Waals surface area contributed by atoms with Crippen LogP contribution in [0.25, 0.3) is 11.1 Å². The number of benzene rings is 1. The molecular weight excluding hydrogens is 178 g/mol. The van der Waals surface area contributed by atoms with Gasteiger partial charge < -0.3 is 4.42 Å². The van der Waals surface area contributed by atoms with Gasteiger partial charge in [0.05, 0.1) is 5.52 Å². The van der Waals surface area contributed by atoms with Gasteiger partial charge in [-0.2, -0.15) is 0 Å². The van der Waals surface area contributed by atoms with Crippen molar-refractivity contribution in [2.45, 2.75) is 26.7 Å². The lowest BCUT2D eigenvalue weighted by atomic mass is 10.00. The molecule has 1 aromatic carbocycles. The summed E-state index contributed by atoms with van der Waals surface area (Å²) in [4.78, 5) is 13.7. The Bertz CT molecular complexity index is 520. The van der Waals surface area contributed by atoms with E-state index in [2.05, 4.69) is 24.9 Å². The van der Waals surface area contributed by atoms with Crippen LogP contribution in [0.4, 0.5) is 0 Å². The van der Waals surface area contributed by atoms with Crippen LogP contribution in [0.1, 0.15) is 30.9 Å². The van der Waals surface area contributed by atoms with E-state index in [4.69, 9.17) is 4.42 Å². The van der Waals surface area contributed by atoms with Crippen molar-refractivity contribution in [2.24, 2.45) is 0 Å². The molecule has 0 amide bonds. The minimum absolute atomic E-state index is 0.358. The number of hydrogen-bond donors (Lipinski definition) is 1. The van der Waals surface area contributed by atoms with Gasteiger partial charge in [-0.3, -0.25) is 4.98 Å². The van der Waals surface area contributed by atoms with Crippen molar-refractivity contribution in [3.8, 4) is 0 Å². The lowest BCUT2D eigenvalue weighted by Gasteiger charge is -2.06. The molecular formula is C11H13NO2. The molecule has 1 heterocycles. The predicted molar refractivity (Wildman–Crippen MR) is 55.7 cm³/mol. The summed E-state index contributed by atoms with van der Waals surface area (Å²) >= 11 is 0. The molecule has 74 valence electrons. The zero-order chi connectivity index (χ0) is 10.3. The minimum atomic E-state index is -0.382. The number of fused-ring (bicyclic) bond motifs is 1. The van der Waals surface area contributed by atoms with Gasteiger partial charge in [0, 0.05) is 0 Å². The third kappa shape index (κ3) is 1.35. The largest absolute Gasteiger partial charge is 0.417 e. The van der Waals surface area contributed by atoms with E-state index in [9.17, 15) is 4.79 Å².